The van der Waals surface area contributed by atoms with Gasteiger partial charge in [-0.2, -0.15) is 5.10 Å². The molecule has 1 aliphatic rings. The molecule has 7 heteroatoms. The molecule has 0 radical (unpaired) electrons. The minimum absolute atomic E-state index is 0.0429. The molecule has 0 unspecified atom stereocenters. The summed E-state index contributed by atoms with van der Waals surface area (Å²) in [7, 11) is 2.17. The fourth-order valence-corrected chi connectivity index (χ4v) is 4.21. The van der Waals surface area contributed by atoms with Gasteiger partial charge in [-0.25, -0.2) is 4.68 Å². The van der Waals surface area contributed by atoms with Crippen molar-refractivity contribution in [3.63, 3.8) is 0 Å². The predicted molar refractivity (Wildman–Crippen MR) is 130 cm³/mol. The van der Waals surface area contributed by atoms with Crippen LogP contribution in [0, 0.1) is 13.8 Å². The van der Waals surface area contributed by atoms with Gasteiger partial charge in [-0.15, -0.1) is 0 Å². The lowest BCUT2D eigenvalue weighted by molar-refractivity contribution is -0.115. The van der Waals surface area contributed by atoms with Gasteiger partial charge in [0.15, 0.2) is 0 Å². The maximum Gasteiger partial charge on any atom is 0.228 e. The Balaban J connectivity index is 1.37. The number of anilines is 1. The molecule has 1 amide bonds. The number of piperazine rings is 1. The van der Waals surface area contributed by atoms with Gasteiger partial charge in [0.25, 0.3) is 0 Å². The summed E-state index contributed by atoms with van der Waals surface area (Å²) in [5.41, 5.74) is 5.78. The van der Waals surface area contributed by atoms with Crippen molar-refractivity contribution in [2.24, 2.45) is 0 Å². The number of benzene rings is 2. The third-order valence-electron chi connectivity index (χ3n) is 6.09. The van der Waals surface area contributed by atoms with Gasteiger partial charge in [0, 0.05) is 54.7 Å². The van der Waals surface area contributed by atoms with Gasteiger partial charge >= 0.3 is 0 Å². The molecule has 2 aromatic carbocycles. The van der Waals surface area contributed by atoms with Crippen LogP contribution in [-0.4, -0.2) is 58.7 Å². The summed E-state index contributed by atoms with van der Waals surface area (Å²) in [4.78, 5) is 17.6. The molecule has 0 spiro atoms. The van der Waals surface area contributed by atoms with Crippen LogP contribution in [0.2, 0.25) is 5.02 Å². The third kappa shape index (κ3) is 5.38. The number of aryl methyl sites for hydroxylation is 1. The zero-order valence-corrected chi connectivity index (χ0v) is 19.7. The Labute approximate surface area is 194 Å². The molecule has 1 aliphatic heterocycles. The zero-order valence-electron chi connectivity index (χ0n) is 18.9. The Kier molecular flexibility index (Phi) is 6.94. The van der Waals surface area contributed by atoms with E-state index in [1.807, 2.05) is 54.9 Å². The lowest BCUT2D eigenvalue weighted by Gasteiger charge is -2.32. The molecule has 1 aromatic heterocycles. The SMILES string of the molecule is Cc1nn(-c2ccc(Cl)cc2)c(C)c1CC(=O)Nc1ccc(CN2CCN(C)CC2)cc1. The van der Waals surface area contributed by atoms with Crippen molar-refractivity contribution in [3.05, 3.63) is 76.1 Å². The topological polar surface area (TPSA) is 53.4 Å². The molecule has 32 heavy (non-hydrogen) atoms. The summed E-state index contributed by atoms with van der Waals surface area (Å²) in [5, 5.41) is 8.34. The molecule has 3 aromatic rings. The highest BCUT2D eigenvalue weighted by molar-refractivity contribution is 6.30. The number of likely N-dealkylation sites (N-methyl/N-ethyl adjacent to an activating group) is 1. The third-order valence-corrected chi connectivity index (χ3v) is 6.34. The number of carbonyl (C=O) groups is 1. The van der Waals surface area contributed by atoms with Crippen molar-refractivity contribution in [3.8, 4) is 5.69 Å². The second kappa shape index (κ2) is 9.86. The standard InChI is InChI=1S/C25H30ClN5O/c1-18-24(19(2)31(28-18)23-10-6-21(26)7-11-23)16-25(32)27-22-8-4-20(5-9-22)17-30-14-12-29(3)13-15-30/h4-11H,12-17H2,1-3H3,(H,27,32). The molecule has 0 aliphatic carbocycles. The highest BCUT2D eigenvalue weighted by Gasteiger charge is 2.17. The number of aromatic nitrogens is 2. The lowest BCUT2D eigenvalue weighted by atomic mass is 10.1. The van der Waals surface area contributed by atoms with Crippen molar-refractivity contribution >= 4 is 23.2 Å². The number of halogens is 1. The quantitative estimate of drug-likeness (QED) is 0.613. The Morgan fingerprint density at radius 1 is 1.00 bits per heavy atom. The van der Waals surface area contributed by atoms with Crippen LogP contribution in [0.5, 0.6) is 0 Å². The van der Waals surface area contributed by atoms with Gasteiger partial charge in [0.2, 0.25) is 5.91 Å². The number of hydrogen-bond donors (Lipinski definition) is 1. The molecule has 1 N–H and O–H groups in total. The largest absolute Gasteiger partial charge is 0.326 e. The first-order chi connectivity index (χ1) is 15.4. The van der Waals surface area contributed by atoms with E-state index < -0.39 is 0 Å². The molecule has 0 saturated carbocycles. The lowest BCUT2D eigenvalue weighted by Crippen LogP contribution is -2.43. The van der Waals surface area contributed by atoms with E-state index in [1.54, 1.807) is 0 Å². The van der Waals surface area contributed by atoms with Crippen molar-refractivity contribution in [1.82, 2.24) is 19.6 Å². The van der Waals surface area contributed by atoms with E-state index in [0.29, 0.717) is 5.02 Å². The van der Waals surface area contributed by atoms with Gasteiger partial charge in [-0.3, -0.25) is 9.69 Å². The average Bonchev–Trinajstić information content (AvgIpc) is 3.05. The maximum absolute atomic E-state index is 12.7. The van der Waals surface area contributed by atoms with Crippen LogP contribution in [0.25, 0.3) is 5.69 Å². The van der Waals surface area contributed by atoms with Gasteiger partial charge in [0.1, 0.15) is 0 Å². The summed E-state index contributed by atoms with van der Waals surface area (Å²) < 4.78 is 1.86. The fourth-order valence-electron chi connectivity index (χ4n) is 4.09. The highest BCUT2D eigenvalue weighted by atomic mass is 35.5. The molecule has 1 saturated heterocycles. The molecule has 6 nitrogen and oxygen atoms in total. The Morgan fingerprint density at radius 2 is 1.66 bits per heavy atom. The molecule has 0 atom stereocenters. The molecule has 0 bridgehead atoms. The van der Waals surface area contributed by atoms with Crippen molar-refractivity contribution in [2.75, 3.05) is 38.5 Å². The van der Waals surface area contributed by atoms with Gasteiger partial charge in [0.05, 0.1) is 17.8 Å². The van der Waals surface area contributed by atoms with E-state index in [9.17, 15) is 4.79 Å². The molecule has 1 fully saturated rings. The van der Waals surface area contributed by atoms with Crippen molar-refractivity contribution in [2.45, 2.75) is 26.8 Å². The molecular formula is C25H30ClN5O. The summed E-state index contributed by atoms with van der Waals surface area (Å²) in [6, 6.07) is 15.7. The first-order valence-corrected chi connectivity index (χ1v) is 11.4. The summed E-state index contributed by atoms with van der Waals surface area (Å²) in [5.74, 6) is -0.0429. The monoisotopic (exact) mass is 451 g/mol. The van der Waals surface area contributed by atoms with E-state index >= 15 is 0 Å². The van der Waals surface area contributed by atoms with E-state index in [1.165, 1.54) is 5.56 Å². The fraction of sp³-hybridized carbons (Fsp3) is 0.360. The maximum atomic E-state index is 12.7. The Morgan fingerprint density at radius 3 is 2.31 bits per heavy atom. The van der Waals surface area contributed by atoms with Gasteiger partial charge < -0.3 is 10.2 Å². The number of hydrogen-bond acceptors (Lipinski definition) is 4. The molecule has 2 heterocycles. The van der Waals surface area contributed by atoms with Crippen LogP contribution in [-0.2, 0) is 17.8 Å². The number of nitrogens with zero attached hydrogens (tertiary/aromatic N) is 4. The zero-order chi connectivity index (χ0) is 22.7. The van der Waals surface area contributed by atoms with Crippen LogP contribution >= 0.6 is 11.6 Å². The summed E-state index contributed by atoms with van der Waals surface area (Å²) in [6.07, 6.45) is 0.286. The van der Waals surface area contributed by atoms with Crippen LogP contribution in [0.1, 0.15) is 22.5 Å². The first kappa shape index (κ1) is 22.5. The summed E-state index contributed by atoms with van der Waals surface area (Å²) >= 11 is 6.00. The Bertz CT molecular complexity index is 1070. The van der Waals surface area contributed by atoms with E-state index in [4.69, 9.17) is 11.6 Å². The molecule has 4 rings (SSSR count). The second-order valence-electron chi connectivity index (χ2n) is 8.54. The number of carbonyl (C=O) groups excluding carboxylic acids is 1. The Hall–Kier alpha value is -2.67. The second-order valence-corrected chi connectivity index (χ2v) is 8.98. The molecule has 168 valence electrons. The smallest absolute Gasteiger partial charge is 0.228 e. The van der Waals surface area contributed by atoms with Crippen molar-refractivity contribution < 1.29 is 4.79 Å². The predicted octanol–water partition coefficient (Wildman–Crippen LogP) is 4.07. The minimum atomic E-state index is -0.0429. The minimum Gasteiger partial charge on any atom is -0.326 e. The van der Waals surface area contributed by atoms with Crippen LogP contribution in [0.3, 0.4) is 0 Å². The van der Waals surface area contributed by atoms with E-state index in [0.717, 1.165) is 61.0 Å². The van der Waals surface area contributed by atoms with Crippen LogP contribution in [0.15, 0.2) is 48.5 Å². The summed E-state index contributed by atoms with van der Waals surface area (Å²) in [6.45, 7) is 9.29. The van der Waals surface area contributed by atoms with Crippen LogP contribution < -0.4 is 5.32 Å². The number of amides is 1. The normalized spacial score (nSPS) is 15.1. The van der Waals surface area contributed by atoms with Crippen LogP contribution in [0.4, 0.5) is 5.69 Å². The number of rotatable bonds is 6. The highest BCUT2D eigenvalue weighted by Crippen LogP contribution is 2.21. The average molecular weight is 452 g/mol. The van der Waals surface area contributed by atoms with Gasteiger partial charge in [-0.05, 0) is 62.9 Å². The number of nitrogens with one attached hydrogen (secondary N) is 1. The van der Waals surface area contributed by atoms with Gasteiger partial charge in [-0.1, -0.05) is 23.7 Å². The van der Waals surface area contributed by atoms with E-state index in [2.05, 4.69) is 39.4 Å². The van der Waals surface area contributed by atoms with Crippen molar-refractivity contribution in [1.29, 1.82) is 0 Å². The molecular weight excluding hydrogens is 422 g/mol. The van der Waals surface area contributed by atoms with E-state index in [-0.39, 0.29) is 12.3 Å². The first-order valence-electron chi connectivity index (χ1n) is 11.0.